The average Bonchev–Trinajstić information content (AvgIpc) is 2.78. The summed E-state index contributed by atoms with van der Waals surface area (Å²) in [7, 11) is 1.52. The molecule has 5 aliphatic rings. The number of aliphatic hydroxyl groups is 1. The molecular formula is C31H48O4. The maximum atomic E-state index is 13.4. The van der Waals surface area contributed by atoms with Gasteiger partial charge in [-0.05, 0) is 91.9 Å². The molecule has 4 nitrogen and oxygen atoms in total. The van der Waals surface area contributed by atoms with Crippen LogP contribution in [0.1, 0.15) is 106 Å². The Morgan fingerprint density at radius 3 is 2.17 bits per heavy atom. The molecule has 8 atom stereocenters. The predicted octanol–water partition coefficient (Wildman–Crippen LogP) is 6.50. The first-order valence-electron chi connectivity index (χ1n) is 14.1. The van der Waals surface area contributed by atoms with Crippen molar-refractivity contribution >= 4 is 11.8 Å². The Bertz CT molecular complexity index is 978. The molecule has 0 bridgehead atoms. The summed E-state index contributed by atoms with van der Waals surface area (Å²) in [5, 5.41) is 12.9. The highest BCUT2D eigenvalue weighted by atomic mass is 16.5. The van der Waals surface area contributed by atoms with Crippen molar-refractivity contribution in [3.63, 3.8) is 0 Å². The van der Waals surface area contributed by atoms with E-state index in [1.54, 1.807) is 0 Å². The van der Waals surface area contributed by atoms with E-state index in [0.717, 1.165) is 57.8 Å². The van der Waals surface area contributed by atoms with Gasteiger partial charge in [0.15, 0.2) is 5.78 Å². The van der Waals surface area contributed by atoms with E-state index in [-0.39, 0.29) is 44.7 Å². The molecule has 0 aliphatic heterocycles. The minimum absolute atomic E-state index is 0.0581. The standard InChI is InChI=1S/C31H48O4/c1-25(2)15-17-30(24(33)35-8)18-16-29(7)28(6)13-9-20-26(3,4)23(32)11-12-27(20,5)21(28)10-14-31(29,34)22(30)19-25/h11-12,20-22,34H,9-10,13-19H2,1-8H3/t20?,21?,22?,27?,28?,29-,30?,31+/m0/s1. The number of ether oxygens (including phenoxy) is 1. The van der Waals surface area contributed by atoms with Gasteiger partial charge in [-0.3, -0.25) is 9.59 Å². The van der Waals surface area contributed by atoms with Gasteiger partial charge in [-0.15, -0.1) is 0 Å². The number of hydrogen-bond acceptors (Lipinski definition) is 4. The molecule has 6 unspecified atom stereocenters. The Hall–Kier alpha value is -1.16. The minimum atomic E-state index is -0.894. The number of allylic oxidation sites excluding steroid dienone is 2. The van der Waals surface area contributed by atoms with Crippen LogP contribution in [0.2, 0.25) is 0 Å². The summed E-state index contributed by atoms with van der Waals surface area (Å²) < 4.78 is 5.44. The molecule has 1 N–H and O–H groups in total. The quantitative estimate of drug-likeness (QED) is 0.431. The average molecular weight is 485 g/mol. The molecule has 5 rings (SSSR count). The van der Waals surface area contributed by atoms with Crippen molar-refractivity contribution in [2.24, 2.45) is 50.2 Å². The minimum Gasteiger partial charge on any atom is -0.469 e. The fraction of sp³-hybridized carbons (Fsp3) is 0.871. The SMILES string of the molecule is COC(=O)C12CCC(C)(C)CC1[C@]1(O)CCC3C4(C)C=CC(=O)C(C)(C)C4CCC3(C)[C@]1(C)CC2. The molecular weight excluding hydrogens is 436 g/mol. The topological polar surface area (TPSA) is 63.6 Å². The van der Waals surface area contributed by atoms with Crippen molar-refractivity contribution in [3.8, 4) is 0 Å². The van der Waals surface area contributed by atoms with Gasteiger partial charge in [-0.1, -0.05) is 54.5 Å². The molecule has 0 saturated heterocycles. The van der Waals surface area contributed by atoms with Crippen LogP contribution in [0, 0.1) is 50.2 Å². The van der Waals surface area contributed by atoms with Crippen LogP contribution in [0.25, 0.3) is 0 Å². The Balaban J connectivity index is 1.62. The van der Waals surface area contributed by atoms with E-state index < -0.39 is 11.0 Å². The van der Waals surface area contributed by atoms with Gasteiger partial charge in [0, 0.05) is 16.7 Å². The summed E-state index contributed by atoms with van der Waals surface area (Å²) in [5.41, 5.74) is -2.11. The van der Waals surface area contributed by atoms with E-state index in [9.17, 15) is 14.7 Å². The monoisotopic (exact) mass is 484 g/mol. The van der Waals surface area contributed by atoms with Crippen LogP contribution >= 0.6 is 0 Å². The number of carbonyl (C=O) groups excluding carboxylic acids is 2. The van der Waals surface area contributed by atoms with Gasteiger partial charge in [-0.25, -0.2) is 0 Å². The Kier molecular flexibility index (Phi) is 5.27. The van der Waals surface area contributed by atoms with Crippen molar-refractivity contribution in [2.45, 2.75) is 112 Å². The zero-order valence-corrected chi connectivity index (χ0v) is 23.4. The molecule has 0 amide bonds. The van der Waals surface area contributed by atoms with E-state index in [0.29, 0.717) is 11.8 Å². The molecule has 0 radical (unpaired) electrons. The largest absolute Gasteiger partial charge is 0.469 e. The van der Waals surface area contributed by atoms with Crippen molar-refractivity contribution in [2.75, 3.05) is 7.11 Å². The summed E-state index contributed by atoms with van der Waals surface area (Å²) in [4.78, 5) is 26.3. The number of esters is 1. The first kappa shape index (κ1) is 25.5. The van der Waals surface area contributed by atoms with Gasteiger partial charge in [0.05, 0.1) is 18.1 Å². The molecule has 0 heterocycles. The molecule has 196 valence electrons. The lowest BCUT2D eigenvalue weighted by Gasteiger charge is -2.74. The Morgan fingerprint density at radius 1 is 0.886 bits per heavy atom. The highest BCUT2D eigenvalue weighted by Gasteiger charge is 2.75. The summed E-state index contributed by atoms with van der Waals surface area (Å²) in [5.74, 6) is 0.809. The van der Waals surface area contributed by atoms with Gasteiger partial charge in [0.1, 0.15) is 0 Å². The highest BCUT2D eigenvalue weighted by molar-refractivity contribution is 5.95. The maximum absolute atomic E-state index is 13.4. The van der Waals surface area contributed by atoms with Gasteiger partial charge >= 0.3 is 5.97 Å². The summed E-state index contributed by atoms with van der Waals surface area (Å²) in [6.07, 6.45) is 12.2. The second-order valence-electron chi connectivity index (χ2n) is 15.2. The van der Waals surface area contributed by atoms with Crippen LogP contribution in [0.3, 0.4) is 0 Å². The molecule has 0 aromatic carbocycles. The van der Waals surface area contributed by atoms with Crippen molar-refractivity contribution in [1.29, 1.82) is 0 Å². The molecule has 0 spiro atoms. The van der Waals surface area contributed by atoms with Crippen LogP contribution in [-0.4, -0.2) is 29.6 Å². The molecule has 5 aliphatic carbocycles. The number of fused-ring (bicyclic) bond motifs is 7. The summed E-state index contributed by atoms with van der Waals surface area (Å²) in [6.45, 7) is 16.1. The predicted molar refractivity (Wildman–Crippen MR) is 137 cm³/mol. The lowest BCUT2D eigenvalue weighted by molar-refractivity contribution is -0.303. The fourth-order valence-corrected chi connectivity index (χ4v) is 10.9. The Labute approximate surface area is 212 Å². The van der Waals surface area contributed by atoms with Gasteiger partial charge in [-0.2, -0.15) is 0 Å². The van der Waals surface area contributed by atoms with Crippen LogP contribution in [0.5, 0.6) is 0 Å². The van der Waals surface area contributed by atoms with Gasteiger partial charge in [0.25, 0.3) is 0 Å². The zero-order valence-electron chi connectivity index (χ0n) is 23.4. The molecule has 4 fully saturated rings. The van der Waals surface area contributed by atoms with Crippen LogP contribution in [0.15, 0.2) is 12.2 Å². The summed E-state index contributed by atoms with van der Waals surface area (Å²) >= 11 is 0. The maximum Gasteiger partial charge on any atom is 0.312 e. The first-order valence-corrected chi connectivity index (χ1v) is 14.1. The molecule has 4 heteroatoms. The zero-order chi connectivity index (χ0) is 25.9. The van der Waals surface area contributed by atoms with E-state index in [1.807, 2.05) is 6.08 Å². The lowest BCUT2D eigenvalue weighted by atomic mass is 9.30. The van der Waals surface area contributed by atoms with Gasteiger partial charge in [0.2, 0.25) is 0 Å². The number of ketones is 1. The van der Waals surface area contributed by atoms with Crippen LogP contribution in [0.4, 0.5) is 0 Å². The van der Waals surface area contributed by atoms with Crippen molar-refractivity contribution in [1.82, 2.24) is 0 Å². The van der Waals surface area contributed by atoms with Crippen molar-refractivity contribution in [3.05, 3.63) is 12.2 Å². The second-order valence-corrected chi connectivity index (χ2v) is 15.2. The molecule has 0 aromatic rings. The third-order valence-corrected chi connectivity index (χ3v) is 13.3. The molecule has 0 aromatic heterocycles. The van der Waals surface area contributed by atoms with Crippen molar-refractivity contribution < 1.29 is 19.4 Å². The summed E-state index contributed by atoms with van der Waals surface area (Å²) in [6, 6.07) is 0. The second kappa shape index (κ2) is 7.23. The third-order valence-electron chi connectivity index (χ3n) is 13.3. The van der Waals surface area contributed by atoms with Gasteiger partial charge < -0.3 is 9.84 Å². The number of carbonyl (C=O) groups is 2. The Morgan fingerprint density at radius 2 is 1.51 bits per heavy atom. The normalized spacial score (nSPS) is 51.9. The van der Waals surface area contributed by atoms with E-state index in [2.05, 4.69) is 54.5 Å². The van der Waals surface area contributed by atoms with E-state index in [4.69, 9.17) is 4.74 Å². The first-order chi connectivity index (χ1) is 16.0. The number of hydrogen-bond donors (Lipinski definition) is 1. The van der Waals surface area contributed by atoms with Crippen LogP contribution in [-0.2, 0) is 14.3 Å². The number of rotatable bonds is 1. The van der Waals surface area contributed by atoms with E-state index >= 15 is 0 Å². The lowest BCUT2D eigenvalue weighted by Crippen LogP contribution is -2.74. The molecule has 4 saturated carbocycles. The molecule has 35 heavy (non-hydrogen) atoms. The third kappa shape index (κ3) is 2.90. The van der Waals surface area contributed by atoms with E-state index in [1.165, 1.54) is 7.11 Å². The number of methoxy groups -OCH3 is 1. The fourth-order valence-electron chi connectivity index (χ4n) is 10.9. The smallest absolute Gasteiger partial charge is 0.312 e. The highest BCUT2D eigenvalue weighted by Crippen LogP contribution is 2.77. The van der Waals surface area contributed by atoms with Crippen LogP contribution < -0.4 is 0 Å².